The highest BCUT2D eigenvalue weighted by molar-refractivity contribution is 6.31. The molecule has 0 unspecified atom stereocenters. The number of nitrogens with two attached hydrogens (primary N) is 1. The summed E-state index contributed by atoms with van der Waals surface area (Å²) in [5.41, 5.74) is 6.02. The zero-order chi connectivity index (χ0) is 16.4. The highest BCUT2D eigenvalue weighted by Gasteiger charge is 2.35. The number of hydrogen-bond acceptors (Lipinski definition) is 4. The van der Waals surface area contributed by atoms with Crippen molar-refractivity contribution in [3.05, 3.63) is 46.5 Å². The van der Waals surface area contributed by atoms with Gasteiger partial charge in [0.25, 0.3) is 5.91 Å². The van der Waals surface area contributed by atoms with Crippen molar-refractivity contribution in [2.75, 3.05) is 6.54 Å². The van der Waals surface area contributed by atoms with E-state index in [9.17, 15) is 9.18 Å². The van der Waals surface area contributed by atoms with E-state index in [1.54, 1.807) is 23.2 Å². The molecule has 23 heavy (non-hydrogen) atoms. The van der Waals surface area contributed by atoms with Gasteiger partial charge in [0.15, 0.2) is 5.69 Å². The highest BCUT2D eigenvalue weighted by Crippen LogP contribution is 2.31. The summed E-state index contributed by atoms with van der Waals surface area (Å²) >= 11 is 6.07. The Bertz CT molecular complexity index is 695. The summed E-state index contributed by atoms with van der Waals surface area (Å²) in [5.74, 6) is -0.683. The number of hydrogen-bond donors (Lipinski definition) is 1. The fraction of sp³-hybridized carbons (Fsp3) is 0.400. The maximum Gasteiger partial charge on any atom is 0.276 e. The molecule has 0 radical (unpaired) electrons. The average Bonchev–Trinajstić information content (AvgIpc) is 3.25. The van der Waals surface area contributed by atoms with E-state index in [-0.39, 0.29) is 24.2 Å². The van der Waals surface area contributed by atoms with Gasteiger partial charge in [-0.05, 0) is 25.0 Å². The number of nitrogens with zero attached hydrogens (tertiary/aromatic N) is 4. The second kappa shape index (κ2) is 6.64. The van der Waals surface area contributed by atoms with Crippen LogP contribution in [0.15, 0.2) is 24.4 Å². The van der Waals surface area contributed by atoms with Crippen molar-refractivity contribution in [1.29, 1.82) is 0 Å². The summed E-state index contributed by atoms with van der Waals surface area (Å²) in [7, 11) is 0. The standard InChI is InChI=1S/C15H17ClFN5O/c16-12-2-1-3-13(17)11(12)8-22(10-4-5-10)15(23)14-9-21(7-6-18)20-19-14/h1-3,9-10H,4-8,18H2. The van der Waals surface area contributed by atoms with Gasteiger partial charge in [-0.15, -0.1) is 5.10 Å². The van der Waals surface area contributed by atoms with Crippen molar-refractivity contribution in [3.63, 3.8) is 0 Å². The predicted molar refractivity (Wildman–Crippen MR) is 83.4 cm³/mol. The molecule has 1 amide bonds. The van der Waals surface area contributed by atoms with Crippen LogP contribution in [0.5, 0.6) is 0 Å². The van der Waals surface area contributed by atoms with Gasteiger partial charge in [-0.25, -0.2) is 4.39 Å². The Balaban J connectivity index is 1.82. The first-order chi connectivity index (χ1) is 11.1. The Morgan fingerprint density at radius 2 is 2.26 bits per heavy atom. The van der Waals surface area contributed by atoms with E-state index < -0.39 is 5.82 Å². The molecule has 0 bridgehead atoms. The first-order valence-corrected chi connectivity index (χ1v) is 7.82. The molecule has 1 aromatic heterocycles. The van der Waals surface area contributed by atoms with Crippen LogP contribution in [-0.4, -0.2) is 38.4 Å². The van der Waals surface area contributed by atoms with E-state index in [0.29, 0.717) is 23.7 Å². The molecule has 0 atom stereocenters. The van der Waals surface area contributed by atoms with Crippen LogP contribution in [0, 0.1) is 5.82 Å². The fourth-order valence-electron chi connectivity index (χ4n) is 2.39. The van der Waals surface area contributed by atoms with E-state index in [2.05, 4.69) is 10.3 Å². The van der Waals surface area contributed by atoms with Crippen molar-refractivity contribution >= 4 is 17.5 Å². The van der Waals surface area contributed by atoms with Gasteiger partial charge in [-0.3, -0.25) is 9.48 Å². The number of amides is 1. The molecule has 1 aliphatic rings. The topological polar surface area (TPSA) is 77.0 Å². The third-order valence-electron chi connectivity index (χ3n) is 3.75. The molecule has 2 aromatic rings. The van der Waals surface area contributed by atoms with Gasteiger partial charge >= 0.3 is 0 Å². The van der Waals surface area contributed by atoms with Crippen LogP contribution in [0.4, 0.5) is 4.39 Å². The first kappa shape index (κ1) is 15.9. The Morgan fingerprint density at radius 1 is 1.48 bits per heavy atom. The summed E-state index contributed by atoms with van der Waals surface area (Å²) in [6.07, 6.45) is 3.36. The average molecular weight is 338 g/mol. The maximum absolute atomic E-state index is 14.0. The molecule has 122 valence electrons. The van der Waals surface area contributed by atoms with Crippen LogP contribution in [0.2, 0.25) is 5.02 Å². The SMILES string of the molecule is NCCn1cc(C(=O)N(Cc2c(F)cccc2Cl)C2CC2)nn1. The van der Waals surface area contributed by atoms with Gasteiger partial charge in [0, 0.05) is 23.2 Å². The monoisotopic (exact) mass is 337 g/mol. The molecule has 8 heteroatoms. The number of halogens is 2. The fourth-order valence-corrected chi connectivity index (χ4v) is 2.61. The lowest BCUT2D eigenvalue weighted by Gasteiger charge is -2.22. The third-order valence-corrected chi connectivity index (χ3v) is 4.11. The Hall–Kier alpha value is -1.99. The molecule has 1 aromatic carbocycles. The van der Waals surface area contributed by atoms with E-state index in [1.807, 2.05) is 0 Å². The Kier molecular flexibility index (Phi) is 4.58. The van der Waals surface area contributed by atoms with Crippen molar-refractivity contribution in [1.82, 2.24) is 19.9 Å². The number of aromatic nitrogens is 3. The molecule has 0 spiro atoms. The van der Waals surface area contributed by atoms with Crippen LogP contribution in [0.1, 0.15) is 28.9 Å². The summed E-state index contributed by atoms with van der Waals surface area (Å²) < 4.78 is 15.5. The Labute approximate surface area is 138 Å². The second-order valence-corrected chi connectivity index (χ2v) is 5.93. The van der Waals surface area contributed by atoms with Crippen LogP contribution < -0.4 is 5.73 Å². The van der Waals surface area contributed by atoms with Gasteiger partial charge in [0.2, 0.25) is 0 Å². The smallest absolute Gasteiger partial charge is 0.276 e. The lowest BCUT2D eigenvalue weighted by molar-refractivity contribution is 0.0722. The zero-order valence-electron chi connectivity index (χ0n) is 12.5. The predicted octanol–water partition coefficient (Wildman–Crippen LogP) is 1.83. The molecular weight excluding hydrogens is 321 g/mol. The van der Waals surface area contributed by atoms with Crippen molar-refractivity contribution in [3.8, 4) is 0 Å². The number of rotatable bonds is 6. The second-order valence-electron chi connectivity index (χ2n) is 5.52. The van der Waals surface area contributed by atoms with Crippen molar-refractivity contribution in [2.24, 2.45) is 5.73 Å². The normalized spacial score (nSPS) is 14.0. The number of carbonyl (C=O) groups is 1. The molecule has 0 saturated heterocycles. The van der Waals surface area contributed by atoms with Crippen molar-refractivity contribution in [2.45, 2.75) is 32.0 Å². The largest absolute Gasteiger partial charge is 0.330 e. The van der Waals surface area contributed by atoms with Crippen LogP contribution in [0.25, 0.3) is 0 Å². The lowest BCUT2D eigenvalue weighted by atomic mass is 10.2. The molecule has 0 aliphatic heterocycles. The first-order valence-electron chi connectivity index (χ1n) is 7.44. The maximum atomic E-state index is 14.0. The molecule has 1 saturated carbocycles. The van der Waals surface area contributed by atoms with Crippen molar-refractivity contribution < 1.29 is 9.18 Å². The molecular formula is C15H17ClFN5O. The number of benzene rings is 1. The Morgan fingerprint density at radius 3 is 2.91 bits per heavy atom. The summed E-state index contributed by atoms with van der Waals surface area (Å²) in [6, 6.07) is 4.60. The molecule has 3 rings (SSSR count). The van der Waals surface area contributed by atoms with Crippen LogP contribution >= 0.6 is 11.6 Å². The minimum Gasteiger partial charge on any atom is -0.330 e. The van der Waals surface area contributed by atoms with Gasteiger partial charge in [0.05, 0.1) is 19.3 Å². The summed E-state index contributed by atoms with van der Waals surface area (Å²) in [6.45, 7) is 1.02. The highest BCUT2D eigenvalue weighted by atomic mass is 35.5. The minimum atomic E-state index is -0.414. The summed E-state index contributed by atoms with van der Waals surface area (Å²) in [5, 5.41) is 8.08. The van der Waals surface area contributed by atoms with E-state index in [0.717, 1.165) is 12.8 Å². The van der Waals surface area contributed by atoms with Gasteiger partial charge in [0.1, 0.15) is 5.82 Å². The number of carbonyl (C=O) groups excluding carboxylic acids is 1. The minimum absolute atomic E-state index is 0.0952. The van der Waals surface area contributed by atoms with Crippen LogP contribution in [0.3, 0.4) is 0 Å². The molecule has 6 nitrogen and oxygen atoms in total. The third kappa shape index (κ3) is 3.51. The van der Waals surface area contributed by atoms with Gasteiger partial charge < -0.3 is 10.6 Å². The van der Waals surface area contributed by atoms with Crippen LogP contribution in [-0.2, 0) is 13.1 Å². The zero-order valence-corrected chi connectivity index (χ0v) is 13.2. The quantitative estimate of drug-likeness (QED) is 0.872. The van der Waals surface area contributed by atoms with E-state index >= 15 is 0 Å². The van der Waals surface area contributed by atoms with Gasteiger partial charge in [-0.1, -0.05) is 22.9 Å². The molecule has 1 fully saturated rings. The van der Waals surface area contributed by atoms with Gasteiger partial charge in [-0.2, -0.15) is 0 Å². The molecule has 1 aliphatic carbocycles. The van der Waals surface area contributed by atoms with E-state index in [4.69, 9.17) is 17.3 Å². The summed E-state index contributed by atoms with van der Waals surface area (Å²) in [4.78, 5) is 14.3. The molecule has 1 heterocycles. The van der Waals surface area contributed by atoms with E-state index in [1.165, 1.54) is 10.7 Å². The lowest BCUT2D eigenvalue weighted by Crippen LogP contribution is -2.33. The molecule has 2 N–H and O–H groups in total.